The van der Waals surface area contributed by atoms with Crippen molar-refractivity contribution in [2.45, 2.75) is 97.6 Å². The second-order valence-electron chi connectivity index (χ2n) is 10.5. The van der Waals surface area contributed by atoms with Gasteiger partial charge in [0.05, 0.1) is 5.69 Å². The Bertz CT molecular complexity index is 855. The number of amides is 2. The first-order valence-corrected chi connectivity index (χ1v) is 13.6. The number of rotatable bonds is 5. The van der Waals surface area contributed by atoms with Crippen LogP contribution in [0, 0.1) is 17.6 Å². The molecule has 1 heterocycles. The van der Waals surface area contributed by atoms with Crippen molar-refractivity contribution in [3.8, 4) is 0 Å². The fourth-order valence-electron chi connectivity index (χ4n) is 5.51. The number of hydrogen-bond donors (Lipinski definition) is 0. The van der Waals surface area contributed by atoms with E-state index in [4.69, 9.17) is 0 Å². The number of carbonyl (C=O) groups is 2. The molecule has 7 heteroatoms. The Kier molecular flexibility index (Phi) is 10.5. The largest absolute Gasteiger partial charge is 0.338 e. The molecule has 2 amide bonds. The Hall–Kier alpha value is -2.02. The highest BCUT2D eigenvalue weighted by Gasteiger charge is 2.25. The van der Waals surface area contributed by atoms with E-state index >= 15 is 0 Å². The molecule has 0 spiro atoms. The smallest absolute Gasteiger partial charge is 0.226 e. The highest BCUT2D eigenvalue weighted by molar-refractivity contribution is 5.94. The van der Waals surface area contributed by atoms with E-state index in [-0.39, 0.29) is 24.8 Å². The minimum atomic E-state index is -0.969. The van der Waals surface area contributed by atoms with Crippen molar-refractivity contribution >= 4 is 17.5 Å². The molecule has 0 aromatic heterocycles. The lowest BCUT2D eigenvalue weighted by Crippen LogP contribution is -2.40. The molecule has 1 aromatic rings. The quantitative estimate of drug-likeness (QED) is 0.515. The van der Waals surface area contributed by atoms with Crippen LogP contribution in [0.5, 0.6) is 0 Å². The summed E-state index contributed by atoms with van der Waals surface area (Å²) in [6.07, 6.45) is 9.37. The molecule has 1 fully saturated rings. The number of fused-ring (bicyclic) bond motifs is 1. The van der Waals surface area contributed by atoms with Gasteiger partial charge in [-0.15, -0.1) is 0 Å². The van der Waals surface area contributed by atoms with Gasteiger partial charge in [0, 0.05) is 57.7 Å². The summed E-state index contributed by atoms with van der Waals surface area (Å²) < 4.78 is 28.7. The SMILES string of the molecule is CCC(=O)N1CCCN(C(C)C)CCCN(C(=O)CCC2CCCCC2)Cc2cc(F)c(F)cc21. The van der Waals surface area contributed by atoms with Gasteiger partial charge < -0.3 is 14.7 Å². The molecule has 1 aliphatic heterocycles. The zero-order valence-corrected chi connectivity index (χ0v) is 21.8. The number of benzene rings is 1. The highest BCUT2D eigenvalue weighted by atomic mass is 19.2. The van der Waals surface area contributed by atoms with Gasteiger partial charge in [0.25, 0.3) is 0 Å². The summed E-state index contributed by atoms with van der Waals surface area (Å²) in [5.41, 5.74) is 0.885. The van der Waals surface area contributed by atoms with Crippen LogP contribution in [0.15, 0.2) is 12.1 Å². The third-order valence-corrected chi connectivity index (χ3v) is 7.65. The Balaban J connectivity index is 1.89. The minimum Gasteiger partial charge on any atom is -0.338 e. The van der Waals surface area contributed by atoms with Crippen LogP contribution in [-0.2, 0) is 16.1 Å². The van der Waals surface area contributed by atoms with Gasteiger partial charge in [-0.05, 0) is 50.7 Å². The number of carbonyl (C=O) groups excluding carboxylic acids is 2. The first-order chi connectivity index (χ1) is 16.8. The van der Waals surface area contributed by atoms with E-state index < -0.39 is 11.6 Å². The maximum Gasteiger partial charge on any atom is 0.226 e. The molecule has 0 saturated heterocycles. The Labute approximate surface area is 209 Å². The van der Waals surface area contributed by atoms with E-state index in [1.807, 2.05) is 0 Å². The molecule has 0 bridgehead atoms. The third-order valence-electron chi connectivity index (χ3n) is 7.65. The van der Waals surface area contributed by atoms with Crippen molar-refractivity contribution in [3.63, 3.8) is 0 Å². The molecule has 1 aromatic carbocycles. The number of anilines is 1. The number of halogens is 2. The summed E-state index contributed by atoms with van der Waals surface area (Å²) >= 11 is 0. The minimum absolute atomic E-state index is 0.0628. The number of nitrogens with zero attached hydrogens (tertiary/aromatic N) is 3. The molecular weight excluding hydrogens is 448 g/mol. The van der Waals surface area contributed by atoms with Crippen molar-refractivity contribution in [2.24, 2.45) is 5.92 Å². The second kappa shape index (κ2) is 13.3. The molecule has 1 aliphatic carbocycles. The van der Waals surface area contributed by atoms with Gasteiger partial charge in [-0.25, -0.2) is 8.78 Å². The summed E-state index contributed by atoms with van der Waals surface area (Å²) in [6.45, 7) is 8.93. The van der Waals surface area contributed by atoms with Gasteiger partial charge in [0.2, 0.25) is 11.8 Å². The van der Waals surface area contributed by atoms with Crippen molar-refractivity contribution in [1.29, 1.82) is 0 Å². The van der Waals surface area contributed by atoms with Gasteiger partial charge >= 0.3 is 0 Å². The zero-order valence-electron chi connectivity index (χ0n) is 21.8. The lowest BCUT2D eigenvalue weighted by Gasteiger charge is -2.33. The summed E-state index contributed by atoms with van der Waals surface area (Å²) in [6, 6.07) is 2.66. The predicted octanol–water partition coefficient (Wildman–Crippen LogP) is 5.90. The molecule has 0 atom stereocenters. The van der Waals surface area contributed by atoms with E-state index in [9.17, 15) is 18.4 Å². The van der Waals surface area contributed by atoms with Crippen LogP contribution in [0.1, 0.15) is 90.5 Å². The van der Waals surface area contributed by atoms with Crippen molar-refractivity contribution < 1.29 is 18.4 Å². The van der Waals surface area contributed by atoms with Crippen molar-refractivity contribution in [1.82, 2.24) is 9.80 Å². The Morgan fingerprint density at radius 2 is 1.57 bits per heavy atom. The molecule has 0 N–H and O–H groups in total. The summed E-state index contributed by atoms with van der Waals surface area (Å²) in [5, 5.41) is 0. The highest BCUT2D eigenvalue weighted by Crippen LogP contribution is 2.30. The number of hydrogen-bond acceptors (Lipinski definition) is 3. The lowest BCUT2D eigenvalue weighted by molar-refractivity contribution is -0.132. The normalized spacial score (nSPS) is 19.3. The molecular formula is C28H43F2N3O2. The molecule has 196 valence electrons. The van der Waals surface area contributed by atoms with Crippen LogP contribution in [0.4, 0.5) is 14.5 Å². The van der Waals surface area contributed by atoms with Crippen molar-refractivity contribution in [2.75, 3.05) is 31.1 Å². The molecule has 0 unspecified atom stereocenters. The second-order valence-corrected chi connectivity index (χ2v) is 10.5. The van der Waals surface area contributed by atoms with Gasteiger partial charge in [0.15, 0.2) is 11.6 Å². The maximum atomic E-state index is 14.4. The molecule has 1 saturated carbocycles. The van der Waals surface area contributed by atoms with Crippen LogP contribution < -0.4 is 4.90 Å². The van der Waals surface area contributed by atoms with Crippen LogP contribution in [0.3, 0.4) is 0 Å². The lowest BCUT2D eigenvalue weighted by atomic mass is 9.86. The van der Waals surface area contributed by atoms with Crippen LogP contribution in [0.2, 0.25) is 0 Å². The van der Waals surface area contributed by atoms with Gasteiger partial charge in [-0.2, -0.15) is 0 Å². The first kappa shape index (κ1) is 27.6. The molecule has 35 heavy (non-hydrogen) atoms. The van der Waals surface area contributed by atoms with Crippen LogP contribution >= 0.6 is 0 Å². The fraction of sp³-hybridized carbons (Fsp3) is 0.714. The Morgan fingerprint density at radius 3 is 2.23 bits per heavy atom. The fourth-order valence-corrected chi connectivity index (χ4v) is 5.51. The molecule has 2 aliphatic rings. The summed E-state index contributed by atoms with van der Waals surface area (Å²) in [4.78, 5) is 32.0. The topological polar surface area (TPSA) is 43.9 Å². The first-order valence-electron chi connectivity index (χ1n) is 13.6. The van der Waals surface area contributed by atoms with E-state index in [0.717, 1.165) is 38.4 Å². The third kappa shape index (κ3) is 7.73. The van der Waals surface area contributed by atoms with E-state index in [1.54, 1.807) is 16.7 Å². The summed E-state index contributed by atoms with van der Waals surface area (Å²) in [7, 11) is 0. The zero-order chi connectivity index (χ0) is 25.4. The van der Waals surface area contributed by atoms with Crippen LogP contribution in [0.25, 0.3) is 0 Å². The maximum absolute atomic E-state index is 14.4. The average molecular weight is 492 g/mol. The van der Waals surface area contributed by atoms with E-state index in [2.05, 4.69) is 18.7 Å². The standard InChI is InChI=1S/C28H43F2N3O2/c1-4-27(34)33-17-9-15-31(21(2)3)14-8-16-32(20-23-18-24(29)25(30)19-26(23)33)28(35)13-12-22-10-6-5-7-11-22/h18-19,21-22H,4-17,20H2,1-3H3. The molecule has 5 nitrogen and oxygen atoms in total. The average Bonchev–Trinajstić information content (AvgIpc) is 2.84. The van der Waals surface area contributed by atoms with E-state index in [1.165, 1.54) is 38.2 Å². The predicted molar refractivity (Wildman–Crippen MR) is 136 cm³/mol. The summed E-state index contributed by atoms with van der Waals surface area (Å²) in [5.74, 6) is -1.37. The Morgan fingerprint density at radius 1 is 0.914 bits per heavy atom. The van der Waals surface area contributed by atoms with E-state index in [0.29, 0.717) is 42.7 Å². The van der Waals surface area contributed by atoms with Gasteiger partial charge in [-0.3, -0.25) is 9.59 Å². The van der Waals surface area contributed by atoms with Gasteiger partial charge in [0.1, 0.15) is 0 Å². The molecule has 3 rings (SSSR count). The van der Waals surface area contributed by atoms with Crippen LogP contribution in [-0.4, -0.2) is 53.8 Å². The monoisotopic (exact) mass is 491 g/mol. The van der Waals surface area contributed by atoms with Gasteiger partial charge in [-0.1, -0.05) is 39.0 Å². The molecule has 0 radical (unpaired) electrons. The van der Waals surface area contributed by atoms with Crippen molar-refractivity contribution in [3.05, 3.63) is 29.3 Å².